The zero-order valence-electron chi connectivity index (χ0n) is 56.0. The Morgan fingerprint density at radius 1 is 0.362 bits per heavy atom. The van der Waals surface area contributed by atoms with Gasteiger partial charge in [-0.1, -0.05) is 22.4 Å². The van der Waals surface area contributed by atoms with E-state index in [2.05, 4.69) is 206 Å². The van der Waals surface area contributed by atoms with Gasteiger partial charge in [0.1, 0.15) is 53.9 Å². The molecule has 94 heavy (non-hydrogen) atoms. The van der Waals surface area contributed by atoms with Crippen LogP contribution in [0.25, 0.3) is 0 Å². The van der Waals surface area contributed by atoms with Crippen molar-refractivity contribution in [1.82, 2.24) is 4.98 Å². The van der Waals surface area contributed by atoms with Crippen molar-refractivity contribution in [2.45, 2.75) is 126 Å². The van der Waals surface area contributed by atoms with Crippen LogP contribution in [0.1, 0.15) is 107 Å². The highest BCUT2D eigenvalue weighted by atomic mass is 79.9. The fourth-order valence-electron chi connectivity index (χ4n) is 9.99. The topological polar surface area (TPSA) is 177 Å². The summed E-state index contributed by atoms with van der Waals surface area (Å²) in [5.74, 6) is 0.265. The summed E-state index contributed by atoms with van der Waals surface area (Å²) in [5.41, 5.74) is 10.2. The molecular weight excluding hydrogens is 1350 g/mol. The summed E-state index contributed by atoms with van der Waals surface area (Å²) < 4.78 is 6.57. The Hall–Kier alpha value is -7.78. The zero-order valence-corrected chi connectivity index (χ0v) is 60.7. The highest BCUT2D eigenvalue weighted by molar-refractivity contribution is 9.09. The molecule has 4 aromatic carbocycles. The summed E-state index contributed by atoms with van der Waals surface area (Å²) in [7, 11) is 0. The van der Waals surface area contributed by atoms with Gasteiger partial charge in [0.05, 0.1) is 28.9 Å². The third-order valence-electron chi connectivity index (χ3n) is 15.4. The molecule has 22 heteroatoms. The number of unbranched alkanes of at least 4 members (excludes halogenated alkanes) is 6. The number of alkyl halides is 1. The molecule has 0 spiro atoms. The van der Waals surface area contributed by atoms with E-state index in [0.717, 1.165) is 136 Å². The molecule has 0 atom stereocenters. The quantitative estimate of drug-likeness (QED) is 0.0178. The SMILES string of the molecule is CCN(CC)c1ccc(N=Nc2cc[n+](CCCCCCBr)cc2)cc1.CCN(CC)c1ccc(N=Nc2cc[n+](CCCCCC[n+]3cccc(N=Nc4ccc(N(CC)CC)cc4O)c3)cc2)cc1.CCN(CC)c1ccc(N=Nc2cccnc2)c(O)c1.[Br-].[Cl-].[Cl-]. The number of hydrogen-bond acceptors (Lipinski definition) is 15. The van der Waals surface area contributed by atoms with Crippen molar-refractivity contribution < 1.29 is 65.7 Å². The lowest BCUT2D eigenvalue weighted by Crippen LogP contribution is -3.00. The van der Waals surface area contributed by atoms with Gasteiger partial charge in [-0.15, -0.1) is 20.5 Å². The van der Waals surface area contributed by atoms with Gasteiger partial charge in [-0.3, -0.25) is 4.98 Å². The number of rotatable bonds is 33. The van der Waals surface area contributed by atoms with E-state index in [9.17, 15) is 10.2 Å². The minimum Gasteiger partial charge on any atom is -1.00 e. The van der Waals surface area contributed by atoms with Crippen LogP contribution < -0.4 is 75.1 Å². The van der Waals surface area contributed by atoms with Crippen LogP contribution >= 0.6 is 15.9 Å². The standard InChI is InChI=1S/C36H47N8O.C21H30BrN4.C15H18N4O.BrH.2ClH/c1-5-43(6-2)33-17-15-30(16-18-33)37-38-31-21-26-41(27-22-31)23-11-9-10-12-24-42-25-13-14-32(29-42)39-40-35-20-19-34(28-36(35)45)44(7-3)8-4;1-3-26(4-2)21-11-9-19(10-12-21)23-24-20-13-17-25(18-14-20)16-8-6-5-7-15-22;1-3-19(4-2)13-7-8-14(15(20)10-13)18-17-12-6-5-9-16-11-12;;;/h13-22,25-29H,5-12,23-24H2,1-4H3;9-14,17-18H,3-8,15-16H2,1-2H3;5-11,20H,3-4H2,1-2H3;3*1H/q2*+1;;;;/p-2. The second kappa shape index (κ2) is 46.3. The fourth-order valence-corrected chi connectivity index (χ4v) is 10.4. The molecule has 0 bridgehead atoms. The van der Waals surface area contributed by atoms with Crippen molar-refractivity contribution in [3.05, 3.63) is 183 Å². The number of aromatic hydroxyl groups is 2. The number of pyridine rings is 4. The van der Waals surface area contributed by atoms with Crippen LogP contribution in [0.5, 0.6) is 11.5 Å². The fraction of sp³-hybridized carbons (Fsp3) is 0.389. The molecule has 0 aliphatic carbocycles. The van der Waals surface area contributed by atoms with Gasteiger partial charge in [-0.2, -0.15) is 20.5 Å². The molecule has 504 valence electrons. The van der Waals surface area contributed by atoms with Crippen LogP contribution in [-0.2, 0) is 19.6 Å². The first-order chi connectivity index (χ1) is 44.5. The number of benzene rings is 4. The first-order valence-corrected chi connectivity index (χ1v) is 33.6. The van der Waals surface area contributed by atoms with Crippen molar-refractivity contribution in [2.75, 3.05) is 77.3 Å². The molecule has 0 radical (unpaired) electrons. The maximum absolute atomic E-state index is 10.4. The van der Waals surface area contributed by atoms with Gasteiger partial charge >= 0.3 is 0 Å². The molecule has 0 saturated carbocycles. The lowest BCUT2D eigenvalue weighted by atomic mass is 10.2. The molecule has 18 nitrogen and oxygen atoms in total. The summed E-state index contributed by atoms with van der Waals surface area (Å²) in [4.78, 5) is 12.9. The second-order valence-corrected chi connectivity index (χ2v) is 22.3. The average Bonchev–Trinajstić information content (AvgIpc) is 1.16. The number of azo groups is 4. The zero-order chi connectivity index (χ0) is 64.8. The number of phenolic OH excluding ortho intramolecular Hbond substituents is 2. The third-order valence-corrected chi connectivity index (χ3v) is 15.9. The Kier molecular flexibility index (Phi) is 39.7. The maximum atomic E-state index is 10.4. The van der Waals surface area contributed by atoms with Gasteiger partial charge in [-0.05, 0) is 172 Å². The van der Waals surface area contributed by atoms with Crippen LogP contribution in [0.4, 0.5) is 68.2 Å². The van der Waals surface area contributed by atoms with E-state index >= 15 is 0 Å². The van der Waals surface area contributed by atoms with Crippen LogP contribution in [0.3, 0.4) is 0 Å². The number of aryl methyl sites for hydroxylation is 3. The number of phenols is 2. The molecule has 8 rings (SSSR count). The number of anilines is 4. The van der Waals surface area contributed by atoms with Gasteiger partial charge in [0.2, 0.25) is 0 Å². The Labute approximate surface area is 590 Å². The summed E-state index contributed by atoms with van der Waals surface area (Å²) in [6.07, 6.45) is 25.3. The Morgan fingerprint density at radius 3 is 1.07 bits per heavy atom. The molecule has 8 aromatic rings. The molecular formula is C72H96Br2Cl2N16O2. The Morgan fingerprint density at radius 2 is 0.702 bits per heavy atom. The first-order valence-electron chi connectivity index (χ1n) is 32.5. The minimum atomic E-state index is 0. The first kappa shape index (κ1) is 80.5. The van der Waals surface area contributed by atoms with Gasteiger partial charge < -0.3 is 71.6 Å². The van der Waals surface area contributed by atoms with Gasteiger partial charge in [0.15, 0.2) is 37.2 Å². The van der Waals surface area contributed by atoms with Crippen molar-refractivity contribution in [2.24, 2.45) is 40.9 Å². The molecule has 4 aromatic heterocycles. The third kappa shape index (κ3) is 28.0. The minimum absolute atomic E-state index is 0. The molecule has 0 amide bonds. The molecule has 0 unspecified atom stereocenters. The second-order valence-electron chi connectivity index (χ2n) is 21.5. The molecule has 0 saturated heterocycles. The van der Waals surface area contributed by atoms with Crippen LogP contribution in [0.15, 0.2) is 224 Å². The summed E-state index contributed by atoms with van der Waals surface area (Å²) in [5, 5.41) is 55.8. The van der Waals surface area contributed by atoms with Gasteiger partial charge in [0.25, 0.3) is 0 Å². The van der Waals surface area contributed by atoms with Crippen molar-refractivity contribution >= 4 is 84.2 Å². The molecule has 0 aliphatic rings. The molecule has 0 aliphatic heterocycles. The van der Waals surface area contributed by atoms with E-state index in [4.69, 9.17) is 0 Å². The number of hydrogen-bond donors (Lipinski definition) is 2. The van der Waals surface area contributed by atoms with Gasteiger partial charge in [-0.25, -0.2) is 13.7 Å². The Bertz CT molecular complexity index is 3450. The predicted octanol–water partition coefficient (Wildman–Crippen LogP) is 10.0. The van der Waals surface area contributed by atoms with E-state index in [1.807, 2.05) is 85.1 Å². The summed E-state index contributed by atoms with van der Waals surface area (Å²) in [6, 6.07) is 43.0. The highest BCUT2D eigenvalue weighted by Crippen LogP contribution is 2.34. The predicted molar refractivity (Wildman–Crippen MR) is 375 cm³/mol. The van der Waals surface area contributed by atoms with E-state index in [1.165, 1.54) is 43.5 Å². The lowest BCUT2D eigenvalue weighted by molar-refractivity contribution is -0.698. The molecule has 4 heterocycles. The van der Waals surface area contributed by atoms with Crippen LogP contribution in [0, 0.1) is 0 Å². The molecule has 2 N–H and O–H groups in total. The van der Waals surface area contributed by atoms with Crippen molar-refractivity contribution in [3.8, 4) is 11.5 Å². The maximum Gasteiger partial charge on any atom is 0.196 e. The lowest BCUT2D eigenvalue weighted by Gasteiger charge is -2.21. The van der Waals surface area contributed by atoms with E-state index in [0.29, 0.717) is 17.1 Å². The number of halogens is 4. The van der Waals surface area contributed by atoms with E-state index < -0.39 is 0 Å². The van der Waals surface area contributed by atoms with Gasteiger partial charge in [0, 0.05) is 148 Å². The van der Waals surface area contributed by atoms with Crippen LogP contribution in [0.2, 0.25) is 0 Å². The Balaban J connectivity index is 0.000000399. The van der Waals surface area contributed by atoms with Crippen molar-refractivity contribution in [3.63, 3.8) is 0 Å². The number of nitrogens with zero attached hydrogens (tertiary/aromatic N) is 16. The number of aromatic nitrogens is 4. The van der Waals surface area contributed by atoms with Crippen molar-refractivity contribution in [1.29, 1.82) is 0 Å². The van der Waals surface area contributed by atoms with E-state index in [-0.39, 0.29) is 53.3 Å². The largest absolute Gasteiger partial charge is 1.00 e. The summed E-state index contributed by atoms with van der Waals surface area (Å²) in [6.45, 7) is 27.6. The highest BCUT2D eigenvalue weighted by Gasteiger charge is 2.11. The normalized spacial score (nSPS) is 10.9. The molecule has 0 fully saturated rings. The summed E-state index contributed by atoms with van der Waals surface area (Å²) >= 11 is 3.48. The van der Waals surface area contributed by atoms with E-state index in [1.54, 1.807) is 42.7 Å². The monoisotopic (exact) mass is 1440 g/mol. The average molecular weight is 1450 g/mol. The van der Waals surface area contributed by atoms with Crippen LogP contribution in [-0.4, -0.2) is 72.9 Å². The smallest absolute Gasteiger partial charge is 0.196 e.